The first kappa shape index (κ1) is 9.92. The third-order valence-corrected chi connectivity index (χ3v) is 2.17. The monoisotopic (exact) mass is 196 g/mol. The van der Waals surface area contributed by atoms with E-state index in [1.807, 2.05) is 12.3 Å². The van der Waals surface area contributed by atoms with Gasteiger partial charge in [0, 0.05) is 18.2 Å². The molecule has 1 heterocycles. The Hall–Kier alpha value is -1.16. The molecule has 1 aromatic heterocycles. The van der Waals surface area contributed by atoms with E-state index in [2.05, 4.69) is 11.6 Å². The highest BCUT2D eigenvalue weighted by Gasteiger charge is 2.06. The standard InChI is InChI=1S/C9H12N2OS/c1-6(2)3-8(12)4-7-5-13-9(10)11-7/h5H,1,3-4H2,2H3,(H2,10,11). The fraction of sp³-hybridized carbons (Fsp3) is 0.333. The Labute approximate surface area is 81.3 Å². The van der Waals surface area contributed by atoms with E-state index < -0.39 is 0 Å². The van der Waals surface area contributed by atoms with E-state index in [1.54, 1.807) is 0 Å². The molecule has 3 nitrogen and oxygen atoms in total. The predicted molar refractivity (Wildman–Crippen MR) is 54.7 cm³/mol. The average Bonchev–Trinajstić information content (AvgIpc) is 2.33. The zero-order valence-electron chi connectivity index (χ0n) is 7.54. The summed E-state index contributed by atoms with van der Waals surface area (Å²) in [4.78, 5) is 15.3. The second kappa shape index (κ2) is 4.18. The molecule has 70 valence electrons. The summed E-state index contributed by atoms with van der Waals surface area (Å²) < 4.78 is 0. The van der Waals surface area contributed by atoms with Crippen LogP contribution in [0.1, 0.15) is 19.0 Å². The highest BCUT2D eigenvalue weighted by molar-refractivity contribution is 7.13. The van der Waals surface area contributed by atoms with E-state index in [1.165, 1.54) is 11.3 Å². The van der Waals surface area contributed by atoms with Gasteiger partial charge in [0.1, 0.15) is 5.78 Å². The molecular formula is C9H12N2OS. The van der Waals surface area contributed by atoms with Gasteiger partial charge >= 0.3 is 0 Å². The van der Waals surface area contributed by atoms with Crippen molar-refractivity contribution >= 4 is 22.3 Å². The Morgan fingerprint density at radius 2 is 2.46 bits per heavy atom. The molecule has 0 radical (unpaired) electrons. The predicted octanol–water partition coefficient (Wildman–Crippen LogP) is 1.80. The van der Waals surface area contributed by atoms with Crippen LogP contribution in [0.3, 0.4) is 0 Å². The van der Waals surface area contributed by atoms with Gasteiger partial charge in [-0.3, -0.25) is 4.79 Å². The second-order valence-electron chi connectivity index (χ2n) is 3.03. The van der Waals surface area contributed by atoms with Gasteiger partial charge in [0.2, 0.25) is 0 Å². The number of carbonyl (C=O) groups excluding carboxylic acids is 1. The highest BCUT2D eigenvalue weighted by atomic mass is 32.1. The lowest BCUT2D eigenvalue weighted by Gasteiger charge is -1.96. The Balaban J connectivity index is 2.50. The van der Waals surface area contributed by atoms with Crippen LogP contribution in [0, 0.1) is 0 Å². The minimum atomic E-state index is 0.137. The van der Waals surface area contributed by atoms with Crippen molar-refractivity contribution < 1.29 is 4.79 Å². The number of nitrogen functional groups attached to an aromatic ring is 1. The highest BCUT2D eigenvalue weighted by Crippen LogP contribution is 2.12. The largest absolute Gasteiger partial charge is 0.375 e. The molecule has 0 amide bonds. The quantitative estimate of drug-likeness (QED) is 0.747. The minimum Gasteiger partial charge on any atom is -0.375 e. The average molecular weight is 196 g/mol. The van der Waals surface area contributed by atoms with Crippen LogP contribution in [0.2, 0.25) is 0 Å². The number of thiazole rings is 1. The molecule has 0 bridgehead atoms. The summed E-state index contributed by atoms with van der Waals surface area (Å²) in [5.41, 5.74) is 7.07. The normalized spacial score (nSPS) is 9.92. The number of anilines is 1. The first-order valence-electron chi connectivity index (χ1n) is 3.94. The number of hydrogen-bond acceptors (Lipinski definition) is 4. The van der Waals surface area contributed by atoms with E-state index >= 15 is 0 Å². The number of ketones is 1. The molecule has 1 rings (SSSR count). The molecule has 0 aromatic carbocycles. The van der Waals surface area contributed by atoms with Crippen LogP contribution in [0.5, 0.6) is 0 Å². The first-order valence-corrected chi connectivity index (χ1v) is 4.82. The summed E-state index contributed by atoms with van der Waals surface area (Å²) in [5.74, 6) is 0.137. The van der Waals surface area contributed by atoms with Crippen LogP contribution in [0.15, 0.2) is 17.5 Å². The molecule has 0 saturated carbocycles. The third-order valence-electron chi connectivity index (χ3n) is 1.45. The molecule has 0 atom stereocenters. The Morgan fingerprint density at radius 3 is 2.92 bits per heavy atom. The fourth-order valence-electron chi connectivity index (χ4n) is 1.00. The Morgan fingerprint density at radius 1 is 1.77 bits per heavy atom. The van der Waals surface area contributed by atoms with Crippen molar-refractivity contribution in [2.75, 3.05) is 5.73 Å². The summed E-state index contributed by atoms with van der Waals surface area (Å²) in [7, 11) is 0. The van der Waals surface area contributed by atoms with E-state index in [9.17, 15) is 4.79 Å². The topological polar surface area (TPSA) is 56.0 Å². The molecule has 2 N–H and O–H groups in total. The lowest BCUT2D eigenvalue weighted by atomic mass is 10.1. The number of rotatable bonds is 4. The summed E-state index contributed by atoms with van der Waals surface area (Å²) in [6.45, 7) is 5.52. The van der Waals surface area contributed by atoms with Crippen LogP contribution in [0.4, 0.5) is 5.13 Å². The van der Waals surface area contributed by atoms with Crippen LogP contribution >= 0.6 is 11.3 Å². The molecule has 13 heavy (non-hydrogen) atoms. The van der Waals surface area contributed by atoms with Gasteiger partial charge < -0.3 is 5.73 Å². The number of Topliss-reactive ketones (excluding diaryl/α,β-unsaturated/α-hetero) is 1. The van der Waals surface area contributed by atoms with Crippen LogP contribution < -0.4 is 5.73 Å². The molecule has 4 heteroatoms. The van der Waals surface area contributed by atoms with Gasteiger partial charge in [-0.25, -0.2) is 4.98 Å². The van der Waals surface area contributed by atoms with E-state index in [4.69, 9.17) is 5.73 Å². The van der Waals surface area contributed by atoms with Crippen LogP contribution in [-0.2, 0) is 11.2 Å². The number of allylic oxidation sites excluding steroid dienone is 1. The Kier molecular flexibility index (Phi) is 3.19. The van der Waals surface area contributed by atoms with Crippen LogP contribution in [-0.4, -0.2) is 10.8 Å². The lowest BCUT2D eigenvalue weighted by Crippen LogP contribution is -2.03. The van der Waals surface area contributed by atoms with E-state index in [0.717, 1.165) is 11.3 Å². The van der Waals surface area contributed by atoms with Crippen molar-refractivity contribution in [3.05, 3.63) is 23.2 Å². The summed E-state index contributed by atoms with van der Waals surface area (Å²) >= 11 is 1.36. The number of carbonyl (C=O) groups is 1. The Bertz CT molecular complexity index is 330. The van der Waals surface area contributed by atoms with Crippen LogP contribution in [0.25, 0.3) is 0 Å². The van der Waals surface area contributed by atoms with Crippen molar-refractivity contribution in [1.29, 1.82) is 0 Å². The molecular weight excluding hydrogens is 184 g/mol. The molecule has 0 fully saturated rings. The second-order valence-corrected chi connectivity index (χ2v) is 3.92. The first-order chi connectivity index (χ1) is 6.08. The summed E-state index contributed by atoms with van der Waals surface area (Å²) in [5, 5.41) is 2.32. The molecule has 0 saturated heterocycles. The summed E-state index contributed by atoms with van der Waals surface area (Å²) in [6, 6.07) is 0. The van der Waals surface area contributed by atoms with Gasteiger partial charge in [0.25, 0.3) is 0 Å². The van der Waals surface area contributed by atoms with E-state index in [-0.39, 0.29) is 5.78 Å². The fourth-order valence-corrected chi connectivity index (χ4v) is 1.57. The zero-order valence-corrected chi connectivity index (χ0v) is 8.36. The van der Waals surface area contributed by atoms with Crippen molar-refractivity contribution in [2.45, 2.75) is 19.8 Å². The van der Waals surface area contributed by atoms with Crippen molar-refractivity contribution in [2.24, 2.45) is 0 Å². The van der Waals surface area contributed by atoms with Gasteiger partial charge in [0.05, 0.1) is 5.69 Å². The number of hydrogen-bond donors (Lipinski definition) is 1. The molecule has 0 aliphatic rings. The lowest BCUT2D eigenvalue weighted by molar-refractivity contribution is -0.117. The smallest absolute Gasteiger partial charge is 0.180 e. The van der Waals surface area contributed by atoms with Gasteiger partial charge in [-0.1, -0.05) is 12.2 Å². The third kappa shape index (κ3) is 3.38. The minimum absolute atomic E-state index is 0.137. The van der Waals surface area contributed by atoms with Crippen molar-refractivity contribution in [3.8, 4) is 0 Å². The zero-order chi connectivity index (χ0) is 9.84. The van der Waals surface area contributed by atoms with Crippen molar-refractivity contribution in [1.82, 2.24) is 4.98 Å². The van der Waals surface area contributed by atoms with Gasteiger partial charge in [-0.15, -0.1) is 11.3 Å². The molecule has 0 aliphatic carbocycles. The van der Waals surface area contributed by atoms with Gasteiger partial charge in [0.15, 0.2) is 5.13 Å². The SMILES string of the molecule is C=C(C)CC(=O)Cc1csc(N)n1. The van der Waals surface area contributed by atoms with Crippen molar-refractivity contribution in [3.63, 3.8) is 0 Å². The summed E-state index contributed by atoms with van der Waals surface area (Å²) in [6.07, 6.45) is 0.790. The number of nitrogens with two attached hydrogens (primary N) is 1. The maximum Gasteiger partial charge on any atom is 0.180 e. The molecule has 0 spiro atoms. The number of aromatic nitrogens is 1. The molecule has 0 unspecified atom stereocenters. The number of nitrogens with zero attached hydrogens (tertiary/aromatic N) is 1. The van der Waals surface area contributed by atoms with Gasteiger partial charge in [-0.05, 0) is 6.92 Å². The van der Waals surface area contributed by atoms with E-state index in [0.29, 0.717) is 18.0 Å². The van der Waals surface area contributed by atoms with Gasteiger partial charge in [-0.2, -0.15) is 0 Å². The molecule has 0 aliphatic heterocycles. The maximum atomic E-state index is 11.3. The maximum absolute atomic E-state index is 11.3. The molecule has 1 aromatic rings.